The molecule has 1 aliphatic heterocycles. The predicted octanol–water partition coefficient (Wildman–Crippen LogP) is 6.17. The van der Waals surface area contributed by atoms with Crippen LogP contribution in [0, 0.1) is 0 Å². The first-order chi connectivity index (χ1) is 16.8. The third kappa shape index (κ3) is 5.97. The molecule has 7 nitrogen and oxygen atoms in total. The van der Waals surface area contributed by atoms with Crippen LogP contribution in [0.1, 0.15) is 21.5 Å². The number of carboxylic acids is 1. The van der Waals surface area contributed by atoms with Crippen LogP contribution in [0.5, 0.6) is 11.5 Å². The van der Waals surface area contributed by atoms with E-state index in [-0.39, 0.29) is 18.1 Å². The van der Waals surface area contributed by atoms with Crippen LogP contribution in [0.15, 0.2) is 70.6 Å². The highest BCUT2D eigenvalue weighted by atomic mass is 35.5. The van der Waals surface area contributed by atoms with Gasteiger partial charge in [0.15, 0.2) is 16.7 Å². The van der Waals surface area contributed by atoms with E-state index in [0.29, 0.717) is 42.9 Å². The van der Waals surface area contributed by atoms with Crippen molar-refractivity contribution in [2.24, 2.45) is 4.99 Å². The maximum absolute atomic E-state index is 12.6. The lowest BCUT2D eigenvalue weighted by Crippen LogP contribution is -2.19. The number of methoxy groups -OCH3 is 1. The van der Waals surface area contributed by atoms with Crippen LogP contribution in [0.25, 0.3) is 6.08 Å². The molecule has 0 bridgehead atoms. The van der Waals surface area contributed by atoms with E-state index >= 15 is 0 Å². The van der Waals surface area contributed by atoms with Crippen LogP contribution in [0.2, 0.25) is 10.0 Å². The normalized spacial score (nSPS) is 15.3. The second-order valence-corrected chi connectivity index (χ2v) is 9.09. The first-order valence-electron chi connectivity index (χ1n) is 10.2. The molecule has 0 aromatic heterocycles. The van der Waals surface area contributed by atoms with E-state index in [0.717, 1.165) is 5.56 Å². The Balaban J connectivity index is 1.57. The largest absolute Gasteiger partial charge is 0.493 e. The molecule has 1 saturated heterocycles. The molecular weight excluding hydrogens is 511 g/mol. The number of thioether (sulfide) groups is 1. The number of carboxylic acid groups (broad SMARTS) is 1. The molecule has 4 rings (SSSR count). The Bertz CT molecular complexity index is 1360. The number of benzene rings is 3. The lowest BCUT2D eigenvalue weighted by molar-refractivity contribution is -0.115. The Labute approximate surface area is 215 Å². The second-order valence-electron chi connectivity index (χ2n) is 7.25. The number of aromatic carboxylic acids is 1. The molecule has 0 aliphatic carbocycles. The molecule has 0 saturated carbocycles. The number of nitrogens with one attached hydrogen (secondary N) is 1. The predicted molar refractivity (Wildman–Crippen MR) is 138 cm³/mol. The van der Waals surface area contributed by atoms with E-state index in [4.69, 9.17) is 37.8 Å². The number of ether oxygens (including phenoxy) is 2. The summed E-state index contributed by atoms with van der Waals surface area (Å²) < 4.78 is 11.5. The molecule has 1 fully saturated rings. The van der Waals surface area contributed by atoms with Gasteiger partial charge < -0.3 is 19.9 Å². The first-order valence-corrected chi connectivity index (χ1v) is 11.8. The molecule has 0 radical (unpaired) electrons. The van der Waals surface area contributed by atoms with Gasteiger partial charge in [-0.25, -0.2) is 9.79 Å². The van der Waals surface area contributed by atoms with Crippen molar-refractivity contribution in [3.05, 3.63) is 92.3 Å². The fourth-order valence-corrected chi connectivity index (χ4v) is 4.28. The van der Waals surface area contributed by atoms with Crippen LogP contribution >= 0.6 is 35.0 Å². The number of aliphatic imine (C=N–C) groups is 1. The summed E-state index contributed by atoms with van der Waals surface area (Å²) in [6.45, 7) is 0.180. The highest BCUT2D eigenvalue weighted by Crippen LogP contribution is 2.36. The summed E-state index contributed by atoms with van der Waals surface area (Å²) in [5.41, 5.74) is 2.17. The summed E-state index contributed by atoms with van der Waals surface area (Å²) in [5, 5.41) is 13.0. The molecule has 2 N–H and O–H groups in total. The van der Waals surface area contributed by atoms with Crippen molar-refractivity contribution in [2.75, 3.05) is 7.11 Å². The topological polar surface area (TPSA) is 97.2 Å². The Morgan fingerprint density at radius 3 is 2.57 bits per heavy atom. The van der Waals surface area contributed by atoms with E-state index in [1.54, 1.807) is 54.6 Å². The summed E-state index contributed by atoms with van der Waals surface area (Å²) >= 11 is 13.2. The standard InChI is InChI=1S/C25H18Cl2N2O5S/c1-33-20-4-2-3-16(22(20)34-13-14-5-7-15(8-6-14)24(31)32)11-21-23(30)29-25(35-21)28-17-9-10-18(26)19(27)12-17/h2-12H,13H2,1H3,(H,31,32)(H,28,29,30)/b21-11-. The van der Waals surface area contributed by atoms with Crippen molar-refractivity contribution in [1.29, 1.82) is 0 Å². The van der Waals surface area contributed by atoms with Crippen molar-refractivity contribution < 1.29 is 24.2 Å². The summed E-state index contributed by atoms with van der Waals surface area (Å²) in [6.07, 6.45) is 1.70. The van der Waals surface area contributed by atoms with Crippen molar-refractivity contribution >= 4 is 63.8 Å². The first kappa shape index (κ1) is 24.7. The van der Waals surface area contributed by atoms with Gasteiger partial charge in [-0.2, -0.15) is 0 Å². The average molecular weight is 529 g/mol. The number of amidine groups is 1. The van der Waals surface area contributed by atoms with Crippen LogP contribution in [-0.2, 0) is 11.4 Å². The minimum absolute atomic E-state index is 0.180. The third-order valence-corrected chi connectivity index (χ3v) is 6.53. The number of rotatable bonds is 7. The molecule has 1 heterocycles. The third-order valence-electron chi connectivity index (χ3n) is 4.88. The summed E-state index contributed by atoms with van der Waals surface area (Å²) in [7, 11) is 1.53. The van der Waals surface area contributed by atoms with Gasteiger partial charge in [0.05, 0.1) is 33.3 Å². The highest BCUT2D eigenvalue weighted by Gasteiger charge is 2.25. The summed E-state index contributed by atoms with van der Waals surface area (Å²) in [5.74, 6) is -0.347. The Kier molecular flexibility index (Phi) is 7.65. The molecule has 1 amide bonds. The van der Waals surface area contributed by atoms with Gasteiger partial charge in [0.1, 0.15) is 6.61 Å². The van der Waals surface area contributed by atoms with E-state index in [2.05, 4.69) is 10.3 Å². The molecule has 0 atom stereocenters. The number of hydrogen-bond acceptors (Lipinski definition) is 6. The van der Waals surface area contributed by atoms with Gasteiger partial charge in [0.2, 0.25) is 0 Å². The molecule has 0 unspecified atom stereocenters. The van der Waals surface area contributed by atoms with Crippen LogP contribution in [-0.4, -0.2) is 29.3 Å². The zero-order chi connectivity index (χ0) is 24.9. The maximum atomic E-state index is 12.6. The lowest BCUT2D eigenvalue weighted by Gasteiger charge is -2.14. The maximum Gasteiger partial charge on any atom is 0.335 e. The molecule has 1 aliphatic rings. The summed E-state index contributed by atoms with van der Waals surface area (Å²) in [6, 6.07) is 16.7. The molecule has 35 heavy (non-hydrogen) atoms. The molecule has 10 heteroatoms. The van der Waals surface area contributed by atoms with E-state index in [9.17, 15) is 9.59 Å². The molecule has 3 aromatic rings. The fourth-order valence-electron chi connectivity index (χ4n) is 3.15. The number of carbonyl (C=O) groups excluding carboxylic acids is 1. The second kappa shape index (κ2) is 10.9. The molecule has 178 valence electrons. The van der Waals surface area contributed by atoms with Crippen LogP contribution < -0.4 is 14.8 Å². The minimum Gasteiger partial charge on any atom is -0.493 e. The van der Waals surface area contributed by atoms with Crippen molar-refractivity contribution in [2.45, 2.75) is 6.61 Å². The number of para-hydroxylation sites is 1. The number of halogens is 2. The monoisotopic (exact) mass is 528 g/mol. The van der Waals surface area contributed by atoms with Gasteiger partial charge in [0.25, 0.3) is 5.91 Å². The fraction of sp³-hybridized carbons (Fsp3) is 0.0800. The zero-order valence-electron chi connectivity index (χ0n) is 18.2. The molecule has 0 spiro atoms. The highest BCUT2D eigenvalue weighted by molar-refractivity contribution is 8.18. The Morgan fingerprint density at radius 1 is 1.11 bits per heavy atom. The van der Waals surface area contributed by atoms with Gasteiger partial charge >= 0.3 is 5.97 Å². The number of carbonyl (C=O) groups is 2. The minimum atomic E-state index is -0.995. The van der Waals surface area contributed by atoms with E-state index in [1.807, 2.05) is 0 Å². The van der Waals surface area contributed by atoms with Gasteiger partial charge in [0, 0.05) is 5.56 Å². The van der Waals surface area contributed by atoms with Crippen molar-refractivity contribution in [1.82, 2.24) is 5.32 Å². The number of hydrogen-bond donors (Lipinski definition) is 2. The van der Waals surface area contributed by atoms with Gasteiger partial charge in [-0.05, 0) is 59.8 Å². The SMILES string of the molecule is COc1cccc(/C=C2\SC(=Nc3ccc(Cl)c(Cl)c3)NC2=O)c1OCc1ccc(C(=O)O)cc1. The van der Waals surface area contributed by atoms with Crippen molar-refractivity contribution in [3.63, 3.8) is 0 Å². The Hall–Kier alpha value is -3.46. The van der Waals surface area contributed by atoms with Gasteiger partial charge in [-0.3, -0.25) is 4.79 Å². The van der Waals surface area contributed by atoms with E-state index in [1.165, 1.54) is 31.0 Å². The molecular formula is C25H18Cl2N2O5S. The number of nitrogens with zero attached hydrogens (tertiary/aromatic N) is 1. The van der Waals surface area contributed by atoms with Crippen LogP contribution in [0.4, 0.5) is 5.69 Å². The quantitative estimate of drug-likeness (QED) is 0.356. The van der Waals surface area contributed by atoms with Gasteiger partial charge in [-0.15, -0.1) is 0 Å². The lowest BCUT2D eigenvalue weighted by atomic mass is 10.1. The van der Waals surface area contributed by atoms with E-state index < -0.39 is 5.97 Å². The smallest absolute Gasteiger partial charge is 0.335 e. The van der Waals surface area contributed by atoms with Crippen molar-refractivity contribution in [3.8, 4) is 11.5 Å². The molecule has 3 aromatic carbocycles. The zero-order valence-corrected chi connectivity index (χ0v) is 20.6. The Morgan fingerprint density at radius 2 is 1.89 bits per heavy atom. The average Bonchev–Trinajstić information content (AvgIpc) is 3.18. The van der Waals surface area contributed by atoms with Crippen LogP contribution in [0.3, 0.4) is 0 Å². The summed E-state index contributed by atoms with van der Waals surface area (Å²) in [4.78, 5) is 28.5. The van der Waals surface area contributed by atoms with Gasteiger partial charge in [-0.1, -0.05) is 47.5 Å². The number of amides is 1.